The van der Waals surface area contributed by atoms with E-state index >= 15 is 0 Å². The molecule has 2 aliphatic rings. The Morgan fingerprint density at radius 1 is 0.929 bits per heavy atom. The zero-order valence-corrected chi connectivity index (χ0v) is 16.6. The summed E-state index contributed by atoms with van der Waals surface area (Å²) in [4.78, 5) is 30.1. The average molecular weight is 374 g/mol. The van der Waals surface area contributed by atoms with E-state index in [1.165, 1.54) is 16.0 Å². The second kappa shape index (κ2) is 7.63. The van der Waals surface area contributed by atoms with Crippen LogP contribution >= 0.6 is 0 Å². The van der Waals surface area contributed by atoms with Gasteiger partial charge in [-0.05, 0) is 36.5 Å². The van der Waals surface area contributed by atoms with Gasteiger partial charge >= 0.3 is 0 Å². The lowest BCUT2D eigenvalue weighted by Gasteiger charge is -2.31. The normalized spacial score (nSPS) is 16.8. The number of aryl methyl sites for hydroxylation is 1. The molecule has 0 spiro atoms. The summed E-state index contributed by atoms with van der Waals surface area (Å²) in [6.07, 6.45) is 2.66. The molecule has 0 radical (unpaired) electrons. The van der Waals surface area contributed by atoms with Crippen LogP contribution in [0.3, 0.4) is 0 Å². The monoisotopic (exact) mass is 374 g/mol. The lowest BCUT2D eigenvalue weighted by Crippen LogP contribution is -2.37. The Morgan fingerprint density at radius 3 is 2.36 bits per heavy atom. The highest BCUT2D eigenvalue weighted by atomic mass is 16.2. The highest BCUT2D eigenvalue weighted by Gasteiger charge is 2.41. The molecular formula is C24H26N2O2. The van der Waals surface area contributed by atoms with E-state index in [4.69, 9.17) is 0 Å². The summed E-state index contributed by atoms with van der Waals surface area (Å²) in [5.41, 5.74) is 5.65. The summed E-state index contributed by atoms with van der Waals surface area (Å²) >= 11 is 0. The van der Waals surface area contributed by atoms with E-state index < -0.39 is 0 Å². The molecule has 2 aliphatic heterocycles. The Labute approximate surface area is 166 Å². The second-order valence-corrected chi connectivity index (χ2v) is 7.65. The van der Waals surface area contributed by atoms with Gasteiger partial charge in [-0.1, -0.05) is 67.4 Å². The fourth-order valence-electron chi connectivity index (χ4n) is 4.04. The molecule has 144 valence electrons. The largest absolute Gasteiger partial charge is 0.362 e. The van der Waals surface area contributed by atoms with Crippen molar-refractivity contribution in [3.05, 3.63) is 76.5 Å². The Hall–Kier alpha value is -2.88. The minimum atomic E-state index is -0.156. The first-order valence-corrected chi connectivity index (χ1v) is 10.1. The maximum absolute atomic E-state index is 13.3. The number of benzene rings is 2. The summed E-state index contributed by atoms with van der Waals surface area (Å²) in [6.45, 7) is 6.00. The third-order valence-electron chi connectivity index (χ3n) is 5.67. The summed E-state index contributed by atoms with van der Waals surface area (Å²) in [6, 6.07) is 16.3. The molecule has 2 aromatic carbocycles. The fourth-order valence-corrected chi connectivity index (χ4v) is 4.04. The number of rotatable bonds is 5. The van der Waals surface area contributed by atoms with Gasteiger partial charge in [0.05, 0.1) is 5.57 Å². The quantitative estimate of drug-likeness (QED) is 0.745. The van der Waals surface area contributed by atoms with Gasteiger partial charge in [0, 0.05) is 19.6 Å². The van der Waals surface area contributed by atoms with Crippen LogP contribution in [-0.4, -0.2) is 34.7 Å². The van der Waals surface area contributed by atoms with Crippen LogP contribution in [0.4, 0.5) is 0 Å². The van der Waals surface area contributed by atoms with Crippen LogP contribution in [0.5, 0.6) is 0 Å². The van der Waals surface area contributed by atoms with Gasteiger partial charge in [0.2, 0.25) is 0 Å². The molecule has 0 aromatic heterocycles. The van der Waals surface area contributed by atoms with E-state index in [1.54, 1.807) is 0 Å². The second-order valence-electron chi connectivity index (χ2n) is 7.65. The first kappa shape index (κ1) is 18.5. The first-order valence-electron chi connectivity index (χ1n) is 10.1. The van der Waals surface area contributed by atoms with Gasteiger partial charge in [-0.15, -0.1) is 0 Å². The van der Waals surface area contributed by atoms with Crippen LogP contribution in [-0.2, 0) is 22.6 Å². The topological polar surface area (TPSA) is 40.6 Å². The van der Waals surface area contributed by atoms with Crippen LogP contribution in [0.15, 0.2) is 54.2 Å². The predicted octanol–water partition coefficient (Wildman–Crippen LogP) is 3.93. The summed E-state index contributed by atoms with van der Waals surface area (Å²) in [7, 11) is 0. The Kier molecular flexibility index (Phi) is 5.03. The molecule has 2 aromatic rings. The predicted molar refractivity (Wildman–Crippen MR) is 110 cm³/mol. The summed E-state index contributed by atoms with van der Waals surface area (Å²) in [5, 5.41) is 0. The van der Waals surface area contributed by atoms with Crippen molar-refractivity contribution in [3.63, 3.8) is 0 Å². The van der Waals surface area contributed by atoms with Crippen molar-refractivity contribution in [2.45, 2.75) is 39.7 Å². The SMILES string of the molecule is CCCCN1C(=O)C(c2ccc(C)cc2)=C(N2CCc3ccccc3C2)C1=O. The molecule has 0 atom stereocenters. The zero-order valence-electron chi connectivity index (χ0n) is 16.6. The van der Waals surface area contributed by atoms with E-state index in [2.05, 4.69) is 30.0 Å². The molecule has 0 N–H and O–H groups in total. The molecular weight excluding hydrogens is 348 g/mol. The van der Waals surface area contributed by atoms with Crippen molar-refractivity contribution >= 4 is 17.4 Å². The van der Waals surface area contributed by atoms with E-state index in [-0.39, 0.29) is 11.8 Å². The van der Waals surface area contributed by atoms with Crippen molar-refractivity contribution in [3.8, 4) is 0 Å². The molecule has 0 saturated heterocycles. The maximum atomic E-state index is 13.3. The minimum absolute atomic E-state index is 0.145. The van der Waals surface area contributed by atoms with Gasteiger partial charge in [-0.2, -0.15) is 0 Å². The number of hydrogen-bond acceptors (Lipinski definition) is 3. The van der Waals surface area contributed by atoms with Crippen molar-refractivity contribution in [1.29, 1.82) is 0 Å². The van der Waals surface area contributed by atoms with Gasteiger partial charge < -0.3 is 4.90 Å². The van der Waals surface area contributed by atoms with Crippen LogP contribution in [0.25, 0.3) is 5.57 Å². The van der Waals surface area contributed by atoms with Crippen LogP contribution in [0.1, 0.15) is 42.0 Å². The minimum Gasteiger partial charge on any atom is -0.362 e. The zero-order chi connectivity index (χ0) is 19.7. The van der Waals surface area contributed by atoms with Gasteiger partial charge in [-0.25, -0.2) is 0 Å². The van der Waals surface area contributed by atoms with Crippen molar-refractivity contribution in [2.75, 3.05) is 13.1 Å². The molecule has 28 heavy (non-hydrogen) atoms. The number of unbranched alkanes of at least 4 members (excludes halogenated alkanes) is 1. The van der Waals surface area contributed by atoms with Crippen LogP contribution in [0, 0.1) is 6.92 Å². The fraction of sp³-hybridized carbons (Fsp3) is 0.333. The Balaban J connectivity index is 1.76. The summed E-state index contributed by atoms with van der Waals surface area (Å²) < 4.78 is 0. The van der Waals surface area contributed by atoms with Crippen LogP contribution in [0.2, 0.25) is 0 Å². The van der Waals surface area contributed by atoms with Crippen molar-refractivity contribution in [2.24, 2.45) is 0 Å². The van der Waals surface area contributed by atoms with Gasteiger partial charge in [0.25, 0.3) is 11.8 Å². The van der Waals surface area contributed by atoms with Gasteiger partial charge in [0.1, 0.15) is 5.70 Å². The smallest absolute Gasteiger partial charge is 0.277 e. The lowest BCUT2D eigenvalue weighted by atomic mass is 9.97. The van der Waals surface area contributed by atoms with Gasteiger partial charge in [0.15, 0.2) is 0 Å². The Bertz CT molecular complexity index is 943. The first-order chi connectivity index (χ1) is 13.6. The molecule has 0 saturated carbocycles. The van der Waals surface area contributed by atoms with E-state index in [1.807, 2.05) is 37.3 Å². The Morgan fingerprint density at radius 2 is 1.64 bits per heavy atom. The lowest BCUT2D eigenvalue weighted by molar-refractivity contribution is -0.137. The van der Waals surface area contributed by atoms with Crippen molar-refractivity contribution < 1.29 is 9.59 Å². The molecule has 4 rings (SSSR count). The number of carbonyl (C=O) groups is 2. The highest BCUT2D eigenvalue weighted by molar-refractivity contribution is 6.35. The molecule has 0 bridgehead atoms. The third-order valence-corrected chi connectivity index (χ3v) is 5.67. The molecule has 4 heteroatoms. The molecule has 0 unspecified atom stereocenters. The number of nitrogens with zero attached hydrogens (tertiary/aromatic N) is 2. The van der Waals surface area contributed by atoms with E-state index in [0.29, 0.717) is 24.4 Å². The van der Waals surface area contributed by atoms with E-state index in [9.17, 15) is 9.59 Å². The molecule has 0 aliphatic carbocycles. The molecule has 0 fully saturated rings. The molecule has 2 heterocycles. The number of hydrogen-bond donors (Lipinski definition) is 0. The third kappa shape index (κ3) is 3.24. The molecule has 4 nitrogen and oxygen atoms in total. The van der Waals surface area contributed by atoms with Crippen molar-refractivity contribution in [1.82, 2.24) is 9.80 Å². The number of imide groups is 1. The van der Waals surface area contributed by atoms with Crippen LogP contribution < -0.4 is 0 Å². The molecule has 2 amide bonds. The standard InChI is InChI=1S/C24H26N2O2/c1-3-4-14-26-23(27)21(19-11-9-17(2)10-12-19)22(24(26)28)25-15-13-18-7-5-6-8-20(18)16-25/h5-12H,3-4,13-16H2,1-2H3. The van der Waals surface area contributed by atoms with Gasteiger partial charge in [-0.3, -0.25) is 14.5 Å². The number of fused-ring (bicyclic) bond motifs is 1. The average Bonchev–Trinajstić information content (AvgIpc) is 2.96. The van der Waals surface area contributed by atoms with E-state index in [0.717, 1.165) is 36.9 Å². The number of carbonyl (C=O) groups excluding carboxylic acids is 2. The number of amides is 2. The summed E-state index contributed by atoms with van der Waals surface area (Å²) in [5.74, 6) is -0.301. The maximum Gasteiger partial charge on any atom is 0.277 e. The highest BCUT2D eigenvalue weighted by Crippen LogP contribution is 2.34.